The van der Waals surface area contributed by atoms with Crippen molar-refractivity contribution in [1.29, 1.82) is 0 Å². The molecular weight excluding hydrogens is 463 g/mol. The van der Waals surface area contributed by atoms with Crippen molar-refractivity contribution in [3.8, 4) is 11.1 Å². The molecule has 0 unspecified atom stereocenters. The van der Waals surface area contributed by atoms with Gasteiger partial charge in [0.05, 0.1) is 16.7 Å². The predicted molar refractivity (Wildman–Crippen MR) is 121 cm³/mol. The lowest BCUT2D eigenvalue weighted by molar-refractivity contribution is -0.0429. The summed E-state index contributed by atoms with van der Waals surface area (Å²) in [5.74, 6) is 0.582. The lowest BCUT2D eigenvalue weighted by atomic mass is 10.0. The van der Waals surface area contributed by atoms with Crippen LogP contribution >= 0.6 is 11.6 Å². The Balaban J connectivity index is 1.66. The van der Waals surface area contributed by atoms with Crippen molar-refractivity contribution < 1.29 is 21.6 Å². The van der Waals surface area contributed by atoms with Gasteiger partial charge in [0.25, 0.3) is 0 Å². The van der Waals surface area contributed by atoms with Crippen molar-refractivity contribution in [2.45, 2.75) is 5.51 Å². The number of fused-ring (bicyclic) bond motifs is 1. The molecule has 0 aliphatic carbocycles. The summed E-state index contributed by atoms with van der Waals surface area (Å²) in [5, 5.41) is 0.635. The Morgan fingerprint density at radius 3 is 2.41 bits per heavy atom. The molecule has 0 aliphatic heterocycles. The summed E-state index contributed by atoms with van der Waals surface area (Å²) in [5.41, 5.74) is -2.56. The molecule has 0 spiro atoms. The van der Waals surface area contributed by atoms with Crippen LogP contribution in [-0.4, -0.2) is 23.9 Å². The van der Waals surface area contributed by atoms with Crippen molar-refractivity contribution in [2.24, 2.45) is 0 Å². The highest BCUT2D eigenvalue weighted by molar-refractivity contribution is 7.93. The quantitative estimate of drug-likeness (QED) is 0.353. The fourth-order valence-corrected chi connectivity index (χ4v) is 3.76. The van der Waals surface area contributed by atoms with E-state index in [4.69, 9.17) is 11.6 Å². The Hall–Kier alpha value is -3.30. The van der Waals surface area contributed by atoms with E-state index < -0.39 is 15.5 Å². The van der Waals surface area contributed by atoms with Gasteiger partial charge in [0.1, 0.15) is 5.82 Å². The lowest BCUT2D eigenvalue weighted by Gasteiger charge is -2.14. The number of benzene rings is 3. The zero-order chi connectivity index (χ0) is 22.9. The number of aromatic nitrogens is 2. The minimum Gasteiger partial charge on any atom is -0.338 e. The van der Waals surface area contributed by atoms with E-state index in [9.17, 15) is 21.6 Å². The molecule has 4 aromatic rings. The maximum absolute atomic E-state index is 12.8. The number of alkyl halides is 3. The number of hydrogen-bond acceptors (Lipinski definition) is 3. The van der Waals surface area contributed by atoms with E-state index in [0.29, 0.717) is 27.5 Å². The van der Waals surface area contributed by atoms with Gasteiger partial charge in [-0.15, -0.1) is 0 Å². The van der Waals surface area contributed by atoms with E-state index in [1.807, 2.05) is 18.2 Å². The molecule has 0 atom stereocenters. The number of H-pyrrole nitrogens is 1. The van der Waals surface area contributed by atoms with Crippen molar-refractivity contribution >= 4 is 50.5 Å². The highest BCUT2D eigenvalue weighted by Crippen LogP contribution is 2.33. The second-order valence-corrected chi connectivity index (χ2v) is 8.95. The number of nitrogens with one attached hydrogen (secondary N) is 2. The summed E-state index contributed by atoms with van der Waals surface area (Å²) in [6.45, 7) is 0. The summed E-state index contributed by atoms with van der Waals surface area (Å²) in [6.07, 6.45) is 3.64. The second-order valence-electron chi connectivity index (χ2n) is 6.84. The van der Waals surface area contributed by atoms with Crippen LogP contribution in [0.2, 0.25) is 5.02 Å². The third-order valence-corrected chi connectivity index (χ3v) is 5.94. The molecule has 164 valence electrons. The van der Waals surface area contributed by atoms with Crippen LogP contribution in [0.3, 0.4) is 0 Å². The van der Waals surface area contributed by atoms with E-state index in [1.165, 1.54) is 18.2 Å². The first-order valence-electron chi connectivity index (χ1n) is 9.24. The molecule has 3 aromatic carbocycles. The monoisotopic (exact) mass is 477 g/mol. The molecule has 0 saturated carbocycles. The zero-order valence-corrected chi connectivity index (χ0v) is 17.8. The number of halogens is 4. The number of nitrogens with zero attached hydrogens (tertiary/aromatic N) is 1. The largest absolute Gasteiger partial charge is 0.516 e. The van der Waals surface area contributed by atoms with E-state index in [0.717, 1.165) is 11.1 Å². The van der Waals surface area contributed by atoms with Crippen LogP contribution in [0.4, 0.5) is 18.9 Å². The Morgan fingerprint density at radius 2 is 1.69 bits per heavy atom. The van der Waals surface area contributed by atoms with E-state index in [-0.39, 0.29) is 5.69 Å². The van der Waals surface area contributed by atoms with Crippen LogP contribution in [0, 0.1) is 0 Å². The van der Waals surface area contributed by atoms with Crippen LogP contribution in [0.1, 0.15) is 11.4 Å². The van der Waals surface area contributed by atoms with Gasteiger partial charge < -0.3 is 4.98 Å². The number of sulfonamides is 1. The predicted octanol–water partition coefficient (Wildman–Crippen LogP) is 6.32. The van der Waals surface area contributed by atoms with Crippen molar-refractivity contribution in [3.63, 3.8) is 0 Å². The standard InChI is InChI=1S/C22H15ClF3N3O2S/c23-16-9-5-14(6-10-16)7-12-21-27-19-11-8-15(13-20(19)28-21)17-3-1-2-4-18(17)29-32(30,31)22(24,25)26/h1-13,29H,(H,27,28)/b12-7+. The molecular formula is C22H15ClF3N3O2S. The normalized spacial score (nSPS) is 12.5. The first-order valence-corrected chi connectivity index (χ1v) is 11.1. The number of anilines is 1. The summed E-state index contributed by atoms with van der Waals surface area (Å²) in [6, 6.07) is 18.2. The number of para-hydroxylation sites is 1. The molecule has 0 saturated heterocycles. The average molecular weight is 478 g/mol. The maximum atomic E-state index is 12.8. The van der Waals surface area contributed by atoms with Crippen molar-refractivity contribution in [3.05, 3.63) is 83.1 Å². The van der Waals surface area contributed by atoms with E-state index in [1.54, 1.807) is 47.2 Å². The SMILES string of the molecule is O=S(=O)(Nc1ccccc1-c1ccc2[nH]c(/C=C/c3ccc(Cl)cc3)nc2c1)C(F)(F)F. The van der Waals surface area contributed by atoms with Crippen LogP contribution in [0.15, 0.2) is 66.7 Å². The third-order valence-electron chi connectivity index (χ3n) is 4.59. The van der Waals surface area contributed by atoms with E-state index in [2.05, 4.69) is 9.97 Å². The van der Waals surface area contributed by atoms with Crippen molar-refractivity contribution in [1.82, 2.24) is 9.97 Å². The lowest BCUT2D eigenvalue weighted by Crippen LogP contribution is -2.30. The molecule has 0 amide bonds. The fourth-order valence-electron chi connectivity index (χ4n) is 3.05. The highest BCUT2D eigenvalue weighted by Gasteiger charge is 2.46. The second kappa shape index (κ2) is 8.33. The maximum Gasteiger partial charge on any atom is 0.516 e. The average Bonchev–Trinajstić information content (AvgIpc) is 3.15. The van der Waals surface area contributed by atoms with Gasteiger partial charge in [-0.25, -0.2) is 4.98 Å². The molecule has 10 heteroatoms. The van der Waals surface area contributed by atoms with Gasteiger partial charge in [0.15, 0.2) is 0 Å². The summed E-state index contributed by atoms with van der Waals surface area (Å²) >= 11 is 5.88. The minimum absolute atomic E-state index is 0.178. The van der Waals surface area contributed by atoms with Crippen LogP contribution < -0.4 is 4.72 Å². The van der Waals surface area contributed by atoms with Crippen LogP contribution in [-0.2, 0) is 10.0 Å². The molecule has 5 nitrogen and oxygen atoms in total. The summed E-state index contributed by atoms with van der Waals surface area (Å²) in [4.78, 5) is 7.63. The Morgan fingerprint density at radius 1 is 0.969 bits per heavy atom. The molecule has 2 N–H and O–H groups in total. The molecule has 1 aromatic heterocycles. The van der Waals surface area contributed by atoms with Gasteiger partial charge in [0, 0.05) is 10.6 Å². The van der Waals surface area contributed by atoms with Gasteiger partial charge in [-0.1, -0.05) is 54.1 Å². The Labute approximate surface area is 186 Å². The smallest absolute Gasteiger partial charge is 0.338 e. The first kappa shape index (κ1) is 21.9. The topological polar surface area (TPSA) is 74.8 Å². The van der Waals surface area contributed by atoms with E-state index >= 15 is 0 Å². The fraction of sp³-hybridized carbons (Fsp3) is 0.0455. The van der Waals surface area contributed by atoms with Crippen LogP contribution in [0.25, 0.3) is 34.3 Å². The molecule has 0 fully saturated rings. The van der Waals surface area contributed by atoms with Gasteiger partial charge in [-0.2, -0.15) is 21.6 Å². The minimum atomic E-state index is -5.55. The highest BCUT2D eigenvalue weighted by atomic mass is 35.5. The number of aromatic amines is 1. The number of hydrogen-bond donors (Lipinski definition) is 2. The van der Waals surface area contributed by atoms with Gasteiger partial charge in [0.2, 0.25) is 0 Å². The molecule has 1 heterocycles. The molecule has 32 heavy (non-hydrogen) atoms. The number of rotatable bonds is 5. The van der Waals surface area contributed by atoms with Crippen molar-refractivity contribution in [2.75, 3.05) is 4.72 Å². The zero-order valence-electron chi connectivity index (χ0n) is 16.2. The van der Waals surface area contributed by atoms with Gasteiger partial charge in [-0.05, 0) is 47.5 Å². The summed E-state index contributed by atoms with van der Waals surface area (Å²) in [7, 11) is -5.55. The molecule has 0 bridgehead atoms. The third kappa shape index (κ3) is 4.63. The Bertz CT molecular complexity index is 1410. The molecule has 4 rings (SSSR count). The first-order chi connectivity index (χ1) is 15.1. The Kier molecular flexibility index (Phi) is 5.70. The van der Waals surface area contributed by atoms with Crippen LogP contribution in [0.5, 0.6) is 0 Å². The number of imidazole rings is 1. The molecule has 0 aliphatic rings. The summed E-state index contributed by atoms with van der Waals surface area (Å²) < 4.78 is 63.1. The van der Waals surface area contributed by atoms with Gasteiger partial charge >= 0.3 is 15.5 Å². The van der Waals surface area contributed by atoms with Gasteiger partial charge in [-0.3, -0.25) is 4.72 Å². The molecule has 0 radical (unpaired) electrons.